The van der Waals surface area contributed by atoms with Gasteiger partial charge in [0.15, 0.2) is 0 Å². The maximum atomic E-state index is 9.33. The number of hydrogen-bond donors (Lipinski definition) is 4. The van der Waals surface area contributed by atoms with Gasteiger partial charge >= 0.3 is 0 Å². The molecule has 21 heavy (non-hydrogen) atoms. The first-order valence-corrected chi connectivity index (χ1v) is 7.01. The summed E-state index contributed by atoms with van der Waals surface area (Å²) in [5.74, 6) is 0. The zero-order valence-electron chi connectivity index (χ0n) is 12.6. The molecule has 0 bridgehead atoms. The first-order valence-electron chi connectivity index (χ1n) is 7.01. The highest BCUT2D eigenvalue weighted by atomic mass is 17.2. The first-order chi connectivity index (χ1) is 10.2. The second-order valence-corrected chi connectivity index (χ2v) is 4.37. The predicted molar refractivity (Wildman–Crippen MR) is 74.4 cm³/mol. The van der Waals surface area contributed by atoms with Gasteiger partial charge in [0.2, 0.25) is 0 Å². The molecule has 128 valence electrons. The van der Waals surface area contributed by atoms with Gasteiger partial charge in [-0.15, -0.1) is 10.1 Å². The van der Waals surface area contributed by atoms with Crippen LogP contribution in [0.15, 0.2) is 0 Å². The maximum absolute atomic E-state index is 9.33. The number of hydrogen-bond acceptors (Lipinski definition) is 9. The Bertz CT molecular complexity index is 210. The van der Waals surface area contributed by atoms with Crippen LogP contribution >= 0.6 is 0 Å². The van der Waals surface area contributed by atoms with Crippen LogP contribution in [0.3, 0.4) is 0 Å². The van der Waals surface area contributed by atoms with E-state index in [2.05, 4.69) is 4.99 Å². The molecule has 0 aromatic rings. The predicted octanol–water partition coefficient (Wildman–Crippen LogP) is -1.65. The second-order valence-electron chi connectivity index (χ2n) is 4.37. The van der Waals surface area contributed by atoms with E-state index < -0.39 is 6.23 Å². The van der Waals surface area contributed by atoms with Crippen molar-refractivity contribution in [2.75, 3.05) is 65.8 Å². The van der Waals surface area contributed by atoms with Crippen molar-refractivity contribution in [2.24, 2.45) is 0 Å². The molecule has 0 saturated heterocycles. The molecule has 0 spiro atoms. The number of hydroxylamine groups is 2. The molecule has 1 unspecified atom stereocenters. The van der Waals surface area contributed by atoms with Crippen molar-refractivity contribution >= 4 is 0 Å². The third-order valence-electron chi connectivity index (χ3n) is 2.73. The Labute approximate surface area is 125 Å². The molecule has 0 amide bonds. The molecular weight excluding hydrogens is 284 g/mol. The van der Waals surface area contributed by atoms with Gasteiger partial charge in [-0.2, -0.15) is 0 Å². The van der Waals surface area contributed by atoms with E-state index in [1.807, 2.05) is 4.90 Å². The van der Waals surface area contributed by atoms with E-state index in [0.717, 1.165) is 5.06 Å². The molecule has 0 aromatic heterocycles. The fourth-order valence-electron chi connectivity index (χ4n) is 1.59. The van der Waals surface area contributed by atoms with Crippen molar-refractivity contribution in [3.05, 3.63) is 0 Å². The molecule has 0 rings (SSSR count). The van der Waals surface area contributed by atoms with Gasteiger partial charge in [0.1, 0.15) is 6.23 Å². The van der Waals surface area contributed by atoms with E-state index in [4.69, 9.17) is 24.9 Å². The Kier molecular flexibility index (Phi) is 14.3. The van der Waals surface area contributed by atoms with Crippen molar-refractivity contribution in [1.82, 2.24) is 9.96 Å². The van der Waals surface area contributed by atoms with Crippen LogP contribution in [0.2, 0.25) is 0 Å². The molecule has 0 aliphatic carbocycles. The Morgan fingerprint density at radius 2 is 1.38 bits per heavy atom. The van der Waals surface area contributed by atoms with Gasteiger partial charge in [0.05, 0.1) is 39.6 Å². The van der Waals surface area contributed by atoms with Crippen molar-refractivity contribution in [3.63, 3.8) is 0 Å². The molecule has 0 radical (unpaired) electrons. The summed E-state index contributed by atoms with van der Waals surface area (Å²) < 4.78 is 10.4. The average molecular weight is 312 g/mol. The van der Waals surface area contributed by atoms with Gasteiger partial charge in [-0.25, -0.2) is 5.26 Å². The van der Waals surface area contributed by atoms with E-state index in [1.54, 1.807) is 0 Å². The summed E-state index contributed by atoms with van der Waals surface area (Å²) in [4.78, 5) is 6.08. The van der Waals surface area contributed by atoms with Crippen LogP contribution in [0.5, 0.6) is 0 Å². The fraction of sp³-hybridized carbons (Fsp3) is 1.00. The molecule has 0 aromatic carbocycles. The lowest BCUT2D eigenvalue weighted by atomic mass is 10.4. The third-order valence-corrected chi connectivity index (χ3v) is 2.73. The molecular formula is C12H28N2O7. The van der Waals surface area contributed by atoms with E-state index in [1.165, 1.54) is 6.92 Å². The number of nitrogens with zero attached hydrogens (tertiary/aromatic N) is 2. The number of aliphatic hydroxyl groups excluding tert-OH is 3. The van der Waals surface area contributed by atoms with Crippen molar-refractivity contribution < 1.29 is 35.0 Å². The molecule has 9 heteroatoms. The van der Waals surface area contributed by atoms with Crippen LogP contribution < -0.4 is 0 Å². The number of aliphatic hydroxyl groups is 3. The lowest BCUT2D eigenvalue weighted by Gasteiger charge is -2.26. The van der Waals surface area contributed by atoms with Gasteiger partial charge < -0.3 is 24.8 Å². The summed E-state index contributed by atoms with van der Waals surface area (Å²) in [7, 11) is 0. The molecule has 0 fully saturated rings. The summed E-state index contributed by atoms with van der Waals surface area (Å²) in [5, 5.41) is 36.3. The monoisotopic (exact) mass is 312 g/mol. The zero-order chi connectivity index (χ0) is 15.9. The SMILES string of the molecule is CC(O)N(CCN(CCOCCO)CCOCCO)OO. The van der Waals surface area contributed by atoms with Crippen molar-refractivity contribution in [1.29, 1.82) is 0 Å². The highest BCUT2D eigenvalue weighted by Gasteiger charge is 2.14. The van der Waals surface area contributed by atoms with Crippen LogP contribution in [0.4, 0.5) is 0 Å². The van der Waals surface area contributed by atoms with Gasteiger partial charge in [0.25, 0.3) is 0 Å². The summed E-state index contributed by atoms with van der Waals surface area (Å²) in [5.41, 5.74) is 0. The smallest absolute Gasteiger partial charge is 0.130 e. The summed E-state index contributed by atoms with van der Waals surface area (Å²) in [6.45, 7) is 4.97. The van der Waals surface area contributed by atoms with Crippen LogP contribution in [0.1, 0.15) is 6.92 Å². The molecule has 0 aliphatic rings. The summed E-state index contributed by atoms with van der Waals surface area (Å²) in [6, 6.07) is 0. The average Bonchev–Trinajstić information content (AvgIpc) is 2.47. The molecule has 0 saturated carbocycles. The van der Waals surface area contributed by atoms with Crippen LogP contribution in [-0.2, 0) is 14.5 Å². The molecule has 0 aliphatic heterocycles. The minimum Gasteiger partial charge on any atom is -0.394 e. The van der Waals surface area contributed by atoms with Crippen molar-refractivity contribution in [2.45, 2.75) is 13.2 Å². The first kappa shape index (κ1) is 20.6. The minimum absolute atomic E-state index is 0.0201. The van der Waals surface area contributed by atoms with Gasteiger partial charge in [-0.05, 0) is 6.92 Å². The quantitative estimate of drug-likeness (QED) is 0.122. The van der Waals surface area contributed by atoms with Gasteiger partial charge in [0, 0.05) is 26.2 Å². The topological polar surface area (TPSA) is 115 Å². The summed E-state index contributed by atoms with van der Waals surface area (Å²) in [6.07, 6.45) is -0.923. The van der Waals surface area contributed by atoms with E-state index in [0.29, 0.717) is 39.4 Å². The van der Waals surface area contributed by atoms with Crippen LogP contribution in [0, 0.1) is 0 Å². The number of rotatable bonds is 15. The van der Waals surface area contributed by atoms with Crippen molar-refractivity contribution in [3.8, 4) is 0 Å². The summed E-state index contributed by atoms with van der Waals surface area (Å²) >= 11 is 0. The minimum atomic E-state index is -0.923. The molecule has 1 atom stereocenters. The molecule has 4 N–H and O–H groups in total. The van der Waals surface area contributed by atoms with Crippen LogP contribution in [0.25, 0.3) is 0 Å². The molecule has 0 heterocycles. The Hall–Kier alpha value is -0.360. The normalized spacial score (nSPS) is 13.3. The Morgan fingerprint density at radius 1 is 0.857 bits per heavy atom. The Balaban J connectivity index is 4.03. The molecule has 9 nitrogen and oxygen atoms in total. The number of ether oxygens (including phenoxy) is 2. The van der Waals surface area contributed by atoms with E-state index in [9.17, 15) is 5.11 Å². The lowest BCUT2D eigenvalue weighted by Crippen LogP contribution is -2.41. The largest absolute Gasteiger partial charge is 0.394 e. The maximum Gasteiger partial charge on any atom is 0.130 e. The fourth-order valence-corrected chi connectivity index (χ4v) is 1.59. The zero-order valence-corrected chi connectivity index (χ0v) is 12.6. The van der Waals surface area contributed by atoms with E-state index >= 15 is 0 Å². The van der Waals surface area contributed by atoms with Crippen LogP contribution in [-0.4, -0.2) is 103 Å². The second kappa shape index (κ2) is 14.6. The third kappa shape index (κ3) is 11.9. The van der Waals surface area contributed by atoms with E-state index in [-0.39, 0.29) is 26.4 Å². The highest BCUT2D eigenvalue weighted by molar-refractivity contribution is 4.60. The standard InChI is InChI=1S/C12H28N2O7/c1-12(17)14(21-18)3-2-13(4-8-19-10-6-15)5-9-20-11-7-16/h12,15-18H,2-11H2,1H3. The van der Waals surface area contributed by atoms with Gasteiger partial charge in [-0.1, -0.05) is 0 Å². The van der Waals surface area contributed by atoms with Gasteiger partial charge in [-0.3, -0.25) is 4.90 Å². The lowest BCUT2D eigenvalue weighted by molar-refractivity contribution is -0.425. The Morgan fingerprint density at radius 3 is 1.76 bits per heavy atom. The highest BCUT2D eigenvalue weighted by Crippen LogP contribution is 1.97.